The molecule has 1 aromatic carbocycles. The van der Waals surface area contributed by atoms with Crippen LogP contribution in [0.4, 0.5) is 0 Å². The zero-order chi connectivity index (χ0) is 20.3. The molecule has 1 fully saturated rings. The van der Waals surface area contributed by atoms with Crippen LogP contribution in [-0.4, -0.2) is 29.1 Å². The van der Waals surface area contributed by atoms with Crippen LogP contribution in [0.3, 0.4) is 0 Å². The minimum Gasteiger partial charge on any atom is -0.462 e. The average Bonchev–Trinajstić information content (AvgIpc) is 2.66. The molecule has 1 aliphatic carbocycles. The summed E-state index contributed by atoms with van der Waals surface area (Å²) in [4.78, 5) is 30.2. The first kappa shape index (κ1) is 20.3. The zero-order valence-corrected chi connectivity index (χ0v) is 17.1. The summed E-state index contributed by atoms with van der Waals surface area (Å²) in [6, 6.07) is 10.1. The number of aromatic nitrogens is 1. The summed E-state index contributed by atoms with van der Waals surface area (Å²) in [6.45, 7) is 7.20. The molecule has 28 heavy (non-hydrogen) atoms. The minimum absolute atomic E-state index is 0.266. The van der Waals surface area contributed by atoms with Crippen LogP contribution in [0.15, 0.2) is 36.5 Å². The summed E-state index contributed by atoms with van der Waals surface area (Å²) in [6.07, 6.45) is 3.63. The smallest absolute Gasteiger partial charge is 0.323 e. The van der Waals surface area contributed by atoms with Crippen molar-refractivity contribution in [1.82, 2.24) is 4.98 Å². The van der Waals surface area contributed by atoms with Crippen LogP contribution >= 0.6 is 0 Å². The molecular formula is C23H29NO4. The molecule has 2 aromatic rings. The number of ether oxygens (including phenoxy) is 2. The Balaban J connectivity index is 1.85. The van der Waals surface area contributed by atoms with Gasteiger partial charge in [0.15, 0.2) is 5.41 Å². The highest BCUT2D eigenvalue weighted by atomic mass is 16.6. The molecule has 3 rings (SSSR count). The topological polar surface area (TPSA) is 65.5 Å². The van der Waals surface area contributed by atoms with Gasteiger partial charge in [0.2, 0.25) is 0 Å². The first-order chi connectivity index (χ1) is 13.3. The van der Waals surface area contributed by atoms with Crippen LogP contribution in [0, 0.1) is 5.41 Å². The monoisotopic (exact) mass is 383 g/mol. The van der Waals surface area contributed by atoms with E-state index in [1.54, 1.807) is 27.7 Å². The molecule has 0 atom stereocenters. The molecule has 150 valence electrons. The van der Waals surface area contributed by atoms with Gasteiger partial charge in [0.1, 0.15) is 0 Å². The lowest BCUT2D eigenvalue weighted by Crippen LogP contribution is -2.46. The van der Waals surface area contributed by atoms with E-state index in [4.69, 9.17) is 9.47 Å². The first-order valence-electron chi connectivity index (χ1n) is 10.1. The number of para-hydroxylation sites is 1. The van der Waals surface area contributed by atoms with Crippen molar-refractivity contribution in [3.63, 3.8) is 0 Å². The number of rotatable bonds is 5. The molecule has 0 N–H and O–H groups in total. The van der Waals surface area contributed by atoms with E-state index in [0.717, 1.165) is 23.7 Å². The Bertz CT molecular complexity index is 821. The van der Waals surface area contributed by atoms with Crippen molar-refractivity contribution in [3.8, 4) is 0 Å². The molecule has 0 unspecified atom stereocenters. The highest BCUT2D eigenvalue weighted by Crippen LogP contribution is 2.46. The fraction of sp³-hybridized carbons (Fsp3) is 0.522. The van der Waals surface area contributed by atoms with Crippen molar-refractivity contribution >= 4 is 22.8 Å². The van der Waals surface area contributed by atoms with Crippen LogP contribution in [0.5, 0.6) is 0 Å². The molecule has 0 radical (unpaired) electrons. The summed E-state index contributed by atoms with van der Waals surface area (Å²) >= 11 is 0. The second kappa shape index (κ2) is 8.29. The summed E-state index contributed by atoms with van der Waals surface area (Å²) in [5.74, 6) is -0.628. The molecule has 0 aliphatic heterocycles. The van der Waals surface area contributed by atoms with Gasteiger partial charge < -0.3 is 9.47 Å². The maximum atomic E-state index is 12.9. The quantitative estimate of drug-likeness (QED) is 0.549. The van der Waals surface area contributed by atoms with Crippen LogP contribution in [0.25, 0.3) is 10.9 Å². The van der Waals surface area contributed by atoms with Gasteiger partial charge in [0, 0.05) is 11.6 Å². The fourth-order valence-electron chi connectivity index (χ4n) is 4.04. The van der Waals surface area contributed by atoms with E-state index in [9.17, 15) is 9.59 Å². The first-order valence-corrected chi connectivity index (χ1v) is 10.1. The van der Waals surface area contributed by atoms with Crippen molar-refractivity contribution in [1.29, 1.82) is 0 Å². The predicted molar refractivity (Wildman–Crippen MR) is 108 cm³/mol. The van der Waals surface area contributed by atoms with E-state index in [-0.39, 0.29) is 18.1 Å². The number of carbonyl (C=O) groups excluding carboxylic acids is 2. The number of esters is 2. The third-order valence-electron chi connectivity index (χ3n) is 5.43. The molecule has 1 aromatic heterocycles. The van der Waals surface area contributed by atoms with Gasteiger partial charge in [0.05, 0.1) is 17.7 Å². The molecule has 5 heteroatoms. The van der Waals surface area contributed by atoms with Gasteiger partial charge in [-0.05, 0) is 77.0 Å². The maximum absolute atomic E-state index is 12.9. The van der Waals surface area contributed by atoms with Crippen molar-refractivity contribution in [2.75, 3.05) is 0 Å². The molecule has 1 saturated carbocycles. The van der Waals surface area contributed by atoms with Gasteiger partial charge >= 0.3 is 11.9 Å². The Hall–Kier alpha value is -2.43. The van der Waals surface area contributed by atoms with Crippen molar-refractivity contribution < 1.29 is 19.1 Å². The summed E-state index contributed by atoms with van der Waals surface area (Å²) in [7, 11) is 0. The summed E-state index contributed by atoms with van der Waals surface area (Å²) in [5, 5.41) is 1.14. The summed E-state index contributed by atoms with van der Waals surface area (Å²) in [5.41, 5.74) is 0.998. The Morgan fingerprint density at radius 3 is 2.11 bits per heavy atom. The molecule has 5 nitrogen and oxygen atoms in total. The Labute approximate surface area is 166 Å². The van der Waals surface area contributed by atoms with Crippen LogP contribution < -0.4 is 0 Å². The molecule has 1 aliphatic rings. The molecule has 0 saturated heterocycles. The third kappa shape index (κ3) is 4.03. The number of pyridine rings is 1. The van der Waals surface area contributed by atoms with Gasteiger partial charge in [-0.1, -0.05) is 18.2 Å². The maximum Gasteiger partial charge on any atom is 0.323 e. The number of carbonyl (C=O) groups is 2. The minimum atomic E-state index is -1.20. The number of hydrogen-bond acceptors (Lipinski definition) is 5. The van der Waals surface area contributed by atoms with Gasteiger partial charge in [-0.2, -0.15) is 0 Å². The van der Waals surface area contributed by atoms with E-state index in [1.807, 2.05) is 24.4 Å². The van der Waals surface area contributed by atoms with Gasteiger partial charge in [-0.15, -0.1) is 0 Å². The highest BCUT2D eigenvalue weighted by molar-refractivity contribution is 6.00. The molecule has 0 amide bonds. The molecule has 0 spiro atoms. The second-order valence-corrected chi connectivity index (χ2v) is 8.18. The lowest BCUT2D eigenvalue weighted by atomic mass is 9.68. The highest BCUT2D eigenvalue weighted by Gasteiger charge is 2.51. The van der Waals surface area contributed by atoms with E-state index in [2.05, 4.69) is 17.1 Å². The number of nitrogens with zero attached hydrogens (tertiary/aromatic N) is 1. The average molecular weight is 383 g/mol. The Morgan fingerprint density at radius 1 is 0.964 bits per heavy atom. The SMILES string of the molecule is CC(C)OC(=O)C1(C(=O)OC(C)C)CCC(c2ccnc3ccccc23)CC1. The predicted octanol–water partition coefficient (Wildman–Crippen LogP) is 4.78. The number of benzene rings is 1. The van der Waals surface area contributed by atoms with Crippen molar-refractivity contribution in [2.24, 2.45) is 5.41 Å². The van der Waals surface area contributed by atoms with Gasteiger partial charge in [-0.3, -0.25) is 14.6 Å². The van der Waals surface area contributed by atoms with E-state index in [1.165, 1.54) is 5.56 Å². The lowest BCUT2D eigenvalue weighted by molar-refractivity contribution is -0.180. The van der Waals surface area contributed by atoms with Crippen molar-refractivity contribution in [3.05, 3.63) is 42.1 Å². The van der Waals surface area contributed by atoms with E-state index >= 15 is 0 Å². The van der Waals surface area contributed by atoms with Crippen LogP contribution in [0.1, 0.15) is 64.9 Å². The standard InChI is InChI=1S/C23H29NO4/c1-15(2)27-21(25)23(22(26)28-16(3)4)12-9-17(10-13-23)18-11-14-24-20-8-6-5-7-19(18)20/h5-8,11,14-17H,9-10,12-13H2,1-4H3. The number of fused-ring (bicyclic) bond motifs is 1. The Morgan fingerprint density at radius 2 is 1.54 bits per heavy atom. The van der Waals surface area contributed by atoms with Crippen LogP contribution in [0.2, 0.25) is 0 Å². The van der Waals surface area contributed by atoms with Gasteiger partial charge in [0.25, 0.3) is 0 Å². The lowest BCUT2D eigenvalue weighted by Gasteiger charge is -2.37. The second-order valence-electron chi connectivity index (χ2n) is 8.18. The van der Waals surface area contributed by atoms with Gasteiger partial charge in [-0.25, -0.2) is 0 Å². The normalized spacial score (nSPS) is 17.1. The Kier molecular flexibility index (Phi) is 6.01. The fourth-order valence-corrected chi connectivity index (χ4v) is 4.04. The molecular weight excluding hydrogens is 354 g/mol. The van der Waals surface area contributed by atoms with Crippen molar-refractivity contribution in [2.45, 2.75) is 71.5 Å². The van der Waals surface area contributed by atoms with E-state index < -0.39 is 17.4 Å². The molecule has 0 bridgehead atoms. The molecule has 1 heterocycles. The van der Waals surface area contributed by atoms with Crippen LogP contribution in [-0.2, 0) is 19.1 Å². The zero-order valence-electron chi connectivity index (χ0n) is 17.1. The number of hydrogen-bond donors (Lipinski definition) is 0. The largest absolute Gasteiger partial charge is 0.462 e. The third-order valence-corrected chi connectivity index (χ3v) is 5.43. The summed E-state index contributed by atoms with van der Waals surface area (Å²) < 4.78 is 10.9. The van der Waals surface area contributed by atoms with E-state index in [0.29, 0.717) is 12.8 Å².